The molecule has 0 unspecified atom stereocenters. The maximum Gasteiger partial charge on any atom is 0.332 e. The van der Waals surface area contributed by atoms with Gasteiger partial charge in [-0.3, -0.25) is 28.4 Å². The molecule has 4 heterocycles. The minimum absolute atomic E-state index is 0.0204. The molecule has 1 aliphatic carbocycles. The van der Waals surface area contributed by atoms with E-state index in [9.17, 15) is 34.2 Å². The highest BCUT2D eigenvalue weighted by Gasteiger charge is 2.52. The number of carbonyl (C=O) groups is 3. The molecule has 0 bridgehead atoms. The van der Waals surface area contributed by atoms with Crippen LogP contribution < -0.4 is 16.6 Å². The van der Waals surface area contributed by atoms with Gasteiger partial charge in [-0.1, -0.05) is 12.8 Å². The third-order valence-corrected chi connectivity index (χ3v) is 8.53. The molecule has 1 saturated carbocycles. The van der Waals surface area contributed by atoms with Crippen molar-refractivity contribution in [1.82, 2.24) is 33.8 Å². The topological polar surface area (TPSA) is 172 Å². The number of nitrogens with zero attached hydrogens (tertiary/aromatic N) is 6. The lowest BCUT2D eigenvalue weighted by atomic mass is 9.91. The Labute approximate surface area is 223 Å². The SMILES string of the molecule is Cn1c(=O)c2c(ncn2[C@@H]2CN(C(=O)CCCN3C(=O)NC4(CCCC4)C3=O)C[C@@H](O)C[C@@]2(C)O)n(C)c1=O. The molecular formula is C25H35N7O7. The lowest BCUT2D eigenvalue weighted by molar-refractivity contribution is -0.134. The van der Waals surface area contributed by atoms with Gasteiger partial charge in [-0.2, -0.15) is 0 Å². The molecular weight excluding hydrogens is 510 g/mol. The van der Waals surface area contributed by atoms with Crippen molar-refractivity contribution in [3.63, 3.8) is 0 Å². The number of hydrogen-bond acceptors (Lipinski definition) is 8. The van der Waals surface area contributed by atoms with E-state index in [1.807, 2.05) is 0 Å². The van der Waals surface area contributed by atoms with Gasteiger partial charge < -0.3 is 25.0 Å². The van der Waals surface area contributed by atoms with E-state index in [4.69, 9.17) is 0 Å². The van der Waals surface area contributed by atoms with Crippen LogP contribution in [-0.2, 0) is 23.7 Å². The van der Waals surface area contributed by atoms with Crippen molar-refractivity contribution in [2.45, 2.75) is 75.2 Å². The third-order valence-electron chi connectivity index (χ3n) is 8.53. The second-order valence-corrected chi connectivity index (χ2v) is 11.3. The lowest BCUT2D eigenvalue weighted by Gasteiger charge is -2.34. The number of hydrogen-bond donors (Lipinski definition) is 3. The number of aromatic nitrogens is 4. The third kappa shape index (κ3) is 4.44. The van der Waals surface area contributed by atoms with E-state index < -0.39 is 40.6 Å². The van der Waals surface area contributed by atoms with E-state index in [-0.39, 0.29) is 61.9 Å². The molecule has 14 heteroatoms. The second-order valence-electron chi connectivity index (χ2n) is 11.3. The number of imidazole rings is 1. The molecule has 3 fully saturated rings. The molecule has 14 nitrogen and oxygen atoms in total. The minimum atomic E-state index is -1.52. The standard InChI is InChI=1S/C25H35N7O7/c1-24(39)11-15(33)12-30(13-16(24)32-14-26-19-18(32)20(35)29(3)23(38)28(19)2)17(34)7-6-10-31-21(36)25(27-22(31)37)8-4-5-9-25/h14-16,33,39H,4-13H2,1-3H3,(H,27,37)/t15-,16+,24+/m0/s1. The smallest absolute Gasteiger partial charge is 0.332 e. The van der Waals surface area contributed by atoms with Crippen LogP contribution in [-0.4, -0.2) is 93.4 Å². The molecule has 3 N–H and O–H groups in total. The number of nitrogens with one attached hydrogen (secondary N) is 1. The first-order valence-corrected chi connectivity index (χ1v) is 13.3. The predicted molar refractivity (Wildman–Crippen MR) is 138 cm³/mol. The summed E-state index contributed by atoms with van der Waals surface area (Å²) in [7, 11) is 2.85. The first kappa shape index (κ1) is 27.1. The number of likely N-dealkylation sites (tertiary alicyclic amines) is 1. The van der Waals surface area contributed by atoms with E-state index in [2.05, 4.69) is 10.3 Å². The minimum Gasteiger partial charge on any atom is -0.391 e. The zero-order chi connectivity index (χ0) is 28.3. The Morgan fingerprint density at radius 2 is 1.82 bits per heavy atom. The van der Waals surface area contributed by atoms with Crippen molar-refractivity contribution in [2.24, 2.45) is 14.1 Å². The van der Waals surface area contributed by atoms with Gasteiger partial charge in [0.1, 0.15) is 5.54 Å². The highest BCUT2D eigenvalue weighted by Crippen LogP contribution is 2.36. The normalized spacial score (nSPS) is 27.0. The fourth-order valence-corrected chi connectivity index (χ4v) is 6.35. The van der Waals surface area contributed by atoms with Gasteiger partial charge in [-0.05, 0) is 26.2 Å². The summed E-state index contributed by atoms with van der Waals surface area (Å²) < 4.78 is 3.67. The average molecular weight is 546 g/mol. The Morgan fingerprint density at radius 1 is 1.13 bits per heavy atom. The molecule has 4 amide bonds. The van der Waals surface area contributed by atoms with Crippen molar-refractivity contribution >= 4 is 29.0 Å². The number of carbonyl (C=O) groups excluding carboxylic acids is 3. The predicted octanol–water partition coefficient (Wildman–Crippen LogP) is -1.04. The van der Waals surface area contributed by atoms with Gasteiger partial charge in [-0.15, -0.1) is 0 Å². The monoisotopic (exact) mass is 545 g/mol. The van der Waals surface area contributed by atoms with Gasteiger partial charge in [0.05, 0.1) is 24.1 Å². The number of β-amino-alcohol motifs (C(OH)–C–C–N with tert-alkyl or cyclic N) is 1. The van der Waals surface area contributed by atoms with Crippen LogP contribution in [0, 0.1) is 0 Å². The molecule has 2 aromatic heterocycles. The summed E-state index contributed by atoms with van der Waals surface area (Å²) in [4.78, 5) is 70.8. The number of imide groups is 1. The number of fused-ring (bicyclic) bond motifs is 1. The van der Waals surface area contributed by atoms with Crippen molar-refractivity contribution in [3.05, 3.63) is 27.2 Å². The van der Waals surface area contributed by atoms with Crippen LogP contribution in [0.15, 0.2) is 15.9 Å². The molecule has 3 atom stereocenters. The van der Waals surface area contributed by atoms with E-state index in [1.54, 1.807) is 0 Å². The number of amides is 4. The van der Waals surface area contributed by atoms with Crippen molar-refractivity contribution in [1.29, 1.82) is 0 Å². The number of rotatable bonds is 5. The van der Waals surface area contributed by atoms with Gasteiger partial charge in [0.25, 0.3) is 11.5 Å². The fourth-order valence-electron chi connectivity index (χ4n) is 6.35. The zero-order valence-electron chi connectivity index (χ0n) is 22.4. The quantitative estimate of drug-likeness (QED) is 0.400. The highest BCUT2D eigenvalue weighted by atomic mass is 16.3. The summed E-state index contributed by atoms with van der Waals surface area (Å²) in [6.07, 6.45) is 3.57. The van der Waals surface area contributed by atoms with Crippen molar-refractivity contribution in [3.8, 4) is 0 Å². The Bertz CT molecular complexity index is 1450. The van der Waals surface area contributed by atoms with Crippen molar-refractivity contribution < 1.29 is 24.6 Å². The van der Waals surface area contributed by atoms with E-state index in [1.165, 1.54) is 46.3 Å². The van der Waals surface area contributed by atoms with Gasteiger partial charge >= 0.3 is 11.7 Å². The van der Waals surface area contributed by atoms with Crippen LogP contribution in [0.25, 0.3) is 11.2 Å². The maximum atomic E-state index is 13.3. The summed E-state index contributed by atoms with van der Waals surface area (Å²) in [6.45, 7) is 1.59. The fraction of sp³-hybridized carbons (Fsp3) is 0.680. The Kier molecular flexibility index (Phi) is 6.66. The molecule has 39 heavy (non-hydrogen) atoms. The number of aryl methyl sites for hydroxylation is 1. The Hall–Kier alpha value is -3.52. The zero-order valence-corrected chi connectivity index (χ0v) is 22.4. The number of aliphatic hydroxyl groups excluding tert-OH is 1. The van der Waals surface area contributed by atoms with Gasteiger partial charge in [0.15, 0.2) is 11.2 Å². The Balaban J connectivity index is 1.35. The van der Waals surface area contributed by atoms with E-state index in [0.29, 0.717) is 12.8 Å². The highest BCUT2D eigenvalue weighted by molar-refractivity contribution is 6.07. The largest absolute Gasteiger partial charge is 0.391 e. The lowest BCUT2D eigenvalue weighted by Crippen LogP contribution is -2.44. The van der Waals surface area contributed by atoms with E-state index >= 15 is 0 Å². The summed E-state index contributed by atoms with van der Waals surface area (Å²) in [5, 5.41) is 24.8. The van der Waals surface area contributed by atoms with Crippen LogP contribution >= 0.6 is 0 Å². The molecule has 0 aromatic carbocycles. The first-order chi connectivity index (χ1) is 18.4. The molecule has 2 saturated heterocycles. The summed E-state index contributed by atoms with van der Waals surface area (Å²) in [5.41, 5.74) is -3.19. The molecule has 2 aromatic rings. The van der Waals surface area contributed by atoms with Crippen LogP contribution in [0.2, 0.25) is 0 Å². The van der Waals surface area contributed by atoms with Crippen LogP contribution in [0.5, 0.6) is 0 Å². The summed E-state index contributed by atoms with van der Waals surface area (Å²) in [5.74, 6) is -0.550. The van der Waals surface area contributed by atoms with Gasteiger partial charge in [-0.25, -0.2) is 14.6 Å². The summed E-state index contributed by atoms with van der Waals surface area (Å²) in [6, 6.07) is -1.28. The van der Waals surface area contributed by atoms with Crippen LogP contribution in [0.1, 0.15) is 57.9 Å². The molecule has 3 aliphatic rings. The van der Waals surface area contributed by atoms with Crippen LogP contribution in [0.4, 0.5) is 4.79 Å². The van der Waals surface area contributed by atoms with Crippen LogP contribution in [0.3, 0.4) is 0 Å². The maximum absolute atomic E-state index is 13.3. The molecule has 212 valence electrons. The van der Waals surface area contributed by atoms with Crippen molar-refractivity contribution in [2.75, 3.05) is 19.6 Å². The molecule has 0 radical (unpaired) electrons. The number of urea groups is 1. The summed E-state index contributed by atoms with van der Waals surface area (Å²) >= 11 is 0. The first-order valence-electron chi connectivity index (χ1n) is 13.3. The van der Waals surface area contributed by atoms with Gasteiger partial charge in [0, 0.05) is 46.6 Å². The molecule has 5 rings (SSSR count). The average Bonchev–Trinajstić information content (AvgIpc) is 3.56. The van der Waals surface area contributed by atoms with Gasteiger partial charge in [0.2, 0.25) is 5.91 Å². The molecule has 2 aliphatic heterocycles. The Morgan fingerprint density at radius 3 is 2.51 bits per heavy atom. The number of aliphatic hydroxyl groups is 2. The van der Waals surface area contributed by atoms with E-state index in [0.717, 1.165) is 17.4 Å². The molecule has 1 spiro atoms. The second kappa shape index (κ2) is 9.59.